The third kappa shape index (κ3) is 9.18. The zero-order valence-electron chi connectivity index (χ0n) is 8.73. The highest BCUT2D eigenvalue weighted by atomic mass is 16.5. The van der Waals surface area contributed by atoms with Crippen molar-refractivity contribution in [2.24, 2.45) is 0 Å². The fourth-order valence-electron chi connectivity index (χ4n) is 0.337. The number of hydrogen-bond donors (Lipinski definition) is 3. The van der Waals surface area contributed by atoms with Gasteiger partial charge in [0.2, 0.25) is 0 Å². The molecule has 0 saturated carbocycles. The van der Waals surface area contributed by atoms with Crippen LogP contribution < -0.4 is 0 Å². The SMILES string of the molecule is CC=C(C)C(=O)OC.OCC(O)CO. The number of carbonyl (C=O) groups is 1. The van der Waals surface area contributed by atoms with Gasteiger partial charge in [-0.05, 0) is 13.8 Å². The Morgan fingerprint density at radius 3 is 1.93 bits per heavy atom. The molecule has 3 N–H and O–H groups in total. The number of aliphatic hydroxyl groups is 3. The summed E-state index contributed by atoms with van der Waals surface area (Å²) in [6.45, 7) is 2.78. The number of carbonyl (C=O) groups excluding carboxylic acids is 1. The number of hydrogen-bond acceptors (Lipinski definition) is 5. The first kappa shape index (κ1) is 15.6. The molecule has 0 aliphatic rings. The summed E-state index contributed by atoms with van der Waals surface area (Å²) in [4.78, 5) is 10.5. The molecular weight excluding hydrogens is 188 g/mol. The molecule has 0 aliphatic heterocycles. The summed E-state index contributed by atoms with van der Waals surface area (Å²) in [6, 6.07) is 0. The molecule has 14 heavy (non-hydrogen) atoms. The Morgan fingerprint density at radius 2 is 1.86 bits per heavy atom. The molecule has 0 aromatic heterocycles. The van der Waals surface area contributed by atoms with Gasteiger partial charge >= 0.3 is 5.97 Å². The smallest absolute Gasteiger partial charge is 0.333 e. The maximum atomic E-state index is 10.5. The predicted molar refractivity (Wildman–Crippen MR) is 51.6 cm³/mol. The molecule has 5 heteroatoms. The van der Waals surface area contributed by atoms with E-state index in [-0.39, 0.29) is 19.2 Å². The minimum atomic E-state index is -0.954. The van der Waals surface area contributed by atoms with Crippen molar-refractivity contribution in [3.05, 3.63) is 11.6 Å². The summed E-state index contributed by atoms with van der Waals surface area (Å²) in [5.41, 5.74) is 0.646. The highest BCUT2D eigenvalue weighted by Crippen LogP contribution is 1.92. The topological polar surface area (TPSA) is 87.0 Å². The summed E-state index contributed by atoms with van der Waals surface area (Å²) in [7, 11) is 1.37. The quantitative estimate of drug-likeness (QED) is 0.426. The summed E-state index contributed by atoms with van der Waals surface area (Å²) >= 11 is 0. The Bertz CT molecular complexity index is 172. The summed E-state index contributed by atoms with van der Waals surface area (Å²) in [5.74, 6) is -0.257. The molecule has 0 amide bonds. The Balaban J connectivity index is 0. The second-order valence-corrected chi connectivity index (χ2v) is 2.48. The normalized spacial score (nSPS) is 10.6. The van der Waals surface area contributed by atoms with E-state index in [2.05, 4.69) is 4.74 Å². The predicted octanol–water partition coefficient (Wildman–Crippen LogP) is -0.543. The Hall–Kier alpha value is -0.910. The van der Waals surface area contributed by atoms with Crippen LogP contribution in [0, 0.1) is 0 Å². The van der Waals surface area contributed by atoms with E-state index in [0.29, 0.717) is 5.57 Å². The lowest BCUT2D eigenvalue weighted by molar-refractivity contribution is -0.136. The van der Waals surface area contributed by atoms with Gasteiger partial charge in [-0.15, -0.1) is 0 Å². The maximum Gasteiger partial charge on any atom is 0.333 e. The number of methoxy groups -OCH3 is 1. The van der Waals surface area contributed by atoms with Gasteiger partial charge in [0.15, 0.2) is 0 Å². The van der Waals surface area contributed by atoms with Crippen LogP contribution in [0.4, 0.5) is 0 Å². The van der Waals surface area contributed by atoms with Crippen LogP contribution in [0.3, 0.4) is 0 Å². The first-order chi connectivity index (χ1) is 6.53. The molecule has 0 radical (unpaired) electrons. The first-order valence-electron chi connectivity index (χ1n) is 4.14. The van der Waals surface area contributed by atoms with Crippen molar-refractivity contribution in [2.45, 2.75) is 20.0 Å². The average molecular weight is 206 g/mol. The second-order valence-electron chi connectivity index (χ2n) is 2.48. The fourth-order valence-corrected chi connectivity index (χ4v) is 0.337. The van der Waals surface area contributed by atoms with E-state index < -0.39 is 6.10 Å². The van der Waals surface area contributed by atoms with Crippen LogP contribution in [0.1, 0.15) is 13.8 Å². The number of allylic oxidation sites excluding steroid dienone is 1. The van der Waals surface area contributed by atoms with E-state index in [1.54, 1.807) is 19.9 Å². The van der Waals surface area contributed by atoms with Crippen molar-refractivity contribution in [1.29, 1.82) is 0 Å². The van der Waals surface area contributed by atoms with E-state index in [0.717, 1.165) is 0 Å². The van der Waals surface area contributed by atoms with Crippen LogP contribution >= 0.6 is 0 Å². The monoisotopic (exact) mass is 206 g/mol. The lowest BCUT2D eigenvalue weighted by atomic mass is 10.3. The van der Waals surface area contributed by atoms with E-state index in [1.165, 1.54) is 7.11 Å². The fraction of sp³-hybridized carbons (Fsp3) is 0.667. The van der Waals surface area contributed by atoms with Gasteiger partial charge in [0, 0.05) is 5.57 Å². The van der Waals surface area contributed by atoms with E-state index in [1.807, 2.05) is 0 Å². The molecule has 0 fully saturated rings. The van der Waals surface area contributed by atoms with Crippen molar-refractivity contribution in [1.82, 2.24) is 0 Å². The van der Waals surface area contributed by atoms with Crippen LogP contribution in [0.25, 0.3) is 0 Å². The summed E-state index contributed by atoms with van der Waals surface area (Å²) < 4.78 is 4.40. The molecule has 0 atom stereocenters. The van der Waals surface area contributed by atoms with Crippen molar-refractivity contribution in [2.75, 3.05) is 20.3 Å². The van der Waals surface area contributed by atoms with Crippen molar-refractivity contribution < 1.29 is 24.9 Å². The minimum Gasteiger partial charge on any atom is -0.466 e. The molecule has 0 unspecified atom stereocenters. The first-order valence-corrected chi connectivity index (χ1v) is 4.14. The Kier molecular flexibility index (Phi) is 11.3. The van der Waals surface area contributed by atoms with Crippen LogP contribution in [0.2, 0.25) is 0 Å². The molecule has 0 aromatic carbocycles. The standard InChI is InChI=1S/C6H10O2.C3H8O3/c1-4-5(2)6(7)8-3;4-1-3(6)2-5/h4H,1-3H3;3-6H,1-2H2. The molecule has 0 saturated heterocycles. The third-order valence-electron chi connectivity index (χ3n) is 1.36. The molecule has 0 aromatic rings. The molecule has 0 heterocycles. The largest absolute Gasteiger partial charge is 0.466 e. The molecule has 0 rings (SSSR count). The second kappa shape index (κ2) is 10.2. The van der Waals surface area contributed by atoms with Gasteiger partial charge in [0.1, 0.15) is 6.10 Å². The van der Waals surface area contributed by atoms with E-state index in [9.17, 15) is 4.79 Å². The number of rotatable bonds is 3. The summed E-state index contributed by atoms with van der Waals surface area (Å²) in [5, 5.41) is 24.0. The lowest BCUT2D eigenvalue weighted by Crippen LogP contribution is -2.15. The minimum absolute atomic E-state index is 0.257. The van der Waals surface area contributed by atoms with Gasteiger partial charge in [0.25, 0.3) is 0 Å². The molecule has 0 bridgehead atoms. The third-order valence-corrected chi connectivity index (χ3v) is 1.36. The van der Waals surface area contributed by atoms with Gasteiger partial charge in [0.05, 0.1) is 20.3 Å². The molecule has 84 valence electrons. The summed E-state index contributed by atoms with van der Waals surface area (Å²) in [6.07, 6.45) is 0.760. The van der Waals surface area contributed by atoms with Gasteiger partial charge < -0.3 is 20.1 Å². The molecule has 0 spiro atoms. The van der Waals surface area contributed by atoms with Gasteiger partial charge in [-0.1, -0.05) is 6.08 Å². The van der Waals surface area contributed by atoms with E-state index in [4.69, 9.17) is 15.3 Å². The maximum absolute atomic E-state index is 10.5. The Morgan fingerprint density at radius 1 is 1.43 bits per heavy atom. The molecular formula is C9H18O5. The van der Waals surface area contributed by atoms with Crippen LogP contribution in [0.15, 0.2) is 11.6 Å². The zero-order chi connectivity index (χ0) is 11.6. The Labute approximate surface area is 83.6 Å². The van der Waals surface area contributed by atoms with Crippen molar-refractivity contribution in [3.8, 4) is 0 Å². The number of aliphatic hydroxyl groups excluding tert-OH is 3. The van der Waals surface area contributed by atoms with Gasteiger partial charge in [-0.2, -0.15) is 0 Å². The van der Waals surface area contributed by atoms with Crippen LogP contribution in [-0.4, -0.2) is 47.7 Å². The van der Waals surface area contributed by atoms with Crippen LogP contribution in [0.5, 0.6) is 0 Å². The number of ether oxygens (including phenoxy) is 1. The van der Waals surface area contributed by atoms with Gasteiger partial charge in [-0.25, -0.2) is 4.79 Å². The average Bonchev–Trinajstić information content (AvgIpc) is 2.26. The highest BCUT2D eigenvalue weighted by molar-refractivity contribution is 5.87. The van der Waals surface area contributed by atoms with Crippen LogP contribution in [-0.2, 0) is 9.53 Å². The number of esters is 1. The zero-order valence-corrected chi connectivity index (χ0v) is 8.73. The van der Waals surface area contributed by atoms with Crippen molar-refractivity contribution in [3.63, 3.8) is 0 Å². The van der Waals surface area contributed by atoms with Crippen molar-refractivity contribution >= 4 is 5.97 Å². The lowest BCUT2D eigenvalue weighted by Gasteiger charge is -1.96. The molecule has 5 nitrogen and oxygen atoms in total. The van der Waals surface area contributed by atoms with E-state index >= 15 is 0 Å². The molecule has 0 aliphatic carbocycles. The highest BCUT2D eigenvalue weighted by Gasteiger charge is 1.98. The van der Waals surface area contributed by atoms with Gasteiger partial charge in [-0.3, -0.25) is 0 Å².